The molecule has 25 heavy (non-hydrogen) atoms. The summed E-state index contributed by atoms with van der Waals surface area (Å²) in [5, 5.41) is 6.22. The maximum atomic E-state index is 12.5. The van der Waals surface area contributed by atoms with Crippen molar-refractivity contribution in [1.29, 1.82) is 0 Å². The molecule has 2 rings (SSSR count). The quantitative estimate of drug-likeness (QED) is 0.686. The first-order chi connectivity index (χ1) is 11.5. The van der Waals surface area contributed by atoms with Crippen molar-refractivity contribution in [2.45, 2.75) is 37.3 Å². The molecule has 0 aromatic carbocycles. The average molecular weight is 410 g/mol. The number of sulfonamides is 1. The number of carbonyl (C=O) groups excluding carboxylic acids is 1. The molecule has 0 unspecified atom stereocenters. The highest BCUT2D eigenvalue weighted by molar-refractivity contribution is 7.91. The second-order valence-electron chi connectivity index (χ2n) is 5.88. The summed E-state index contributed by atoms with van der Waals surface area (Å²) >= 11 is 1.30. The number of piperidine rings is 1. The minimum atomic E-state index is -3.38. The Morgan fingerprint density at radius 1 is 1.28 bits per heavy atom. The zero-order chi connectivity index (χ0) is 17.6. The van der Waals surface area contributed by atoms with Crippen LogP contribution in [0.3, 0.4) is 0 Å². The van der Waals surface area contributed by atoms with Crippen LogP contribution in [0.1, 0.15) is 31.6 Å². The van der Waals surface area contributed by atoms with Crippen molar-refractivity contribution in [3.63, 3.8) is 0 Å². The Balaban J connectivity index is 0.00000312. The molecule has 0 bridgehead atoms. The second kappa shape index (κ2) is 10.5. The number of amides is 1. The third-order valence-electron chi connectivity index (χ3n) is 4.32. The molecule has 0 atom stereocenters. The molecule has 9 heteroatoms. The molecule has 1 amide bonds. The number of carbonyl (C=O) groups is 1. The normalized spacial score (nSPS) is 15.8. The van der Waals surface area contributed by atoms with Crippen molar-refractivity contribution in [2.75, 3.05) is 32.7 Å². The van der Waals surface area contributed by atoms with Gasteiger partial charge in [0.1, 0.15) is 4.21 Å². The molecule has 2 heterocycles. The molecule has 0 radical (unpaired) electrons. The predicted octanol–water partition coefficient (Wildman–Crippen LogP) is 1.86. The Kier molecular flexibility index (Phi) is 9.37. The van der Waals surface area contributed by atoms with Gasteiger partial charge in [-0.2, -0.15) is 4.31 Å². The molecule has 1 aliphatic rings. The van der Waals surface area contributed by atoms with Crippen LogP contribution in [0.15, 0.2) is 16.3 Å². The summed E-state index contributed by atoms with van der Waals surface area (Å²) in [6.07, 6.45) is 2.43. The topological polar surface area (TPSA) is 78.5 Å². The van der Waals surface area contributed by atoms with Gasteiger partial charge in [-0.25, -0.2) is 8.42 Å². The van der Waals surface area contributed by atoms with E-state index in [-0.39, 0.29) is 24.2 Å². The van der Waals surface area contributed by atoms with Crippen LogP contribution in [-0.4, -0.2) is 51.4 Å². The Morgan fingerprint density at radius 3 is 2.52 bits per heavy atom. The lowest BCUT2D eigenvalue weighted by Gasteiger charge is -2.21. The molecule has 1 fully saturated rings. The van der Waals surface area contributed by atoms with Crippen LogP contribution < -0.4 is 10.6 Å². The van der Waals surface area contributed by atoms with Gasteiger partial charge in [0.25, 0.3) is 10.0 Å². The minimum Gasteiger partial charge on any atom is -0.355 e. The summed E-state index contributed by atoms with van der Waals surface area (Å²) in [4.78, 5) is 13.1. The minimum absolute atomic E-state index is 0. The number of hydrogen-bond acceptors (Lipinski definition) is 5. The Hall–Kier alpha value is -0.670. The molecule has 0 saturated carbocycles. The fourth-order valence-electron chi connectivity index (χ4n) is 2.86. The summed E-state index contributed by atoms with van der Waals surface area (Å²) < 4.78 is 26.8. The highest BCUT2D eigenvalue weighted by Gasteiger charge is 2.24. The summed E-state index contributed by atoms with van der Waals surface area (Å²) in [5.41, 5.74) is 0. The second-order valence-corrected chi connectivity index (χ2v) is 9.21. The number of nitrogens with one attached hydrogen (secondary N) is 2. The van der Waals surface area contributed by atoms with E-state index in [9.17, 15) is 13.2 Å². The lowest BCUT2D eigenvalue weighted by Crippen LogP contribution is -2.38. The third-order valence-corrected chi connectivity index (χ3v) is 7.98. The van der Waals surface area contributed by atoms with Crippen LogP contribution in [0.5, 0.6) is 0 Å². The van der Waals surface area contributed by atoms with Gasteiger partial charge in [-0.15, -0.1) is 23.7 Å². The lowest BCUT2D eigenvalue weighted by atomic mass is 9.97. The number of halogens is 1. The maximum Gasteiger partial charge on any atom is 0.252 e. The summed E-state index contributed by atoms with van der Waals surface area (Å²) in [7, 11) is -3.38. The molecule has 6 nitrogen and oxygen atoms in total. The van der Waals surface area contributed by atoms with Gasteiger partial charge in [-0.1, -0.05) is 13.8 Å². The first-order valence-electron chi connectivity index (χ1n) is 8.56. The van der Waals surface area contributed by atoms with E-state index in [4.69, 9.17) is 0 Å². The molecule has 1 saturated heterocycles. The van der Waals surface area contributed by atoms with Gasteiger partial charge in [0.15, 0.2) is 0 Å². The Bertz CT molecular complexity index is 639. The van der Waals surface area contributed by atoms with Gasteiger partial charge in [0.2, 0.25) is 5.91 Å². The van der Waals surface area contributed by atoms with Crippen molar-refractivity contribution in [3.05, 3.63) is 17.0 Å². The fourth-order valence-corrected chi connectivity index (χ4v) is 5.83. The smallest absolute Gasteiger partial charge is 0.252 e. The van der Waals surface area contributed by atoms with Gasteiger partial charge in [-0.3, -0.25) is 4.79 Å². The van der Waals surface area contributed by atoms with E-state index < -0.39 is 10.0 Å². The molecule has 1 aliphatic heterocycles. The van der Waals surface area contributed by atoms with Gasteiger partial charge in [0, 0.05) is 30.4 Å². The van der Waals surface area contributed by atoms with E-state index in [1.165, 1.54) is 15.6 Å². The van der Waals surface area contributed by atoms with Crippen molar-refractivity contribution >= 4 is 39.7 Å². The molecule has 0 spiro atoms. The first kappa shape index (κ1) is 22.4. The van der Waals surface area contributed by atoms with Crippen molar-refractivity contribution in [3.8, 4) is 0 Å². The molecule has 0 aliphatic carbocycles. The van der Waals surface area contributed by atoms with Gasteiger partial charge >= 0.3 is 0 Å². The van der Waals surface area contributed by atoms with Gasteiger partial charge in [0.05, 0.1) is 0 Å². The highest BCUT2D eigenvalue weighted by Crippen LogP contribution is 2.25. The van der Waals surface area contributed by atoms with E-state index in [2.05, 4.69) is 10.6 Å². The molecular formula is C16H28ClN3O3S2. The largest absolute Gasteiger partial charge is 0.355 e. The SMILES string of the molecule is CCN(CC)S(=O)(=O)c1ccc(CCNC(=O)C2CCNCC2)s1.Cl. The highest BCUT2D eigenvalue weighted by atomic mass is 35.5. The predicted molar refractivity (Wildman–Crippen MR) is 104 cm³/mol. The Labute approximate surface area is 160 Å². The zero-order valence-corrected chi connectivity index (χ0v) is 17.2. The van der Waals surface area contributed by atoms with E-state index in [1.807, 2.05) is 19.9 Å². The fraction of sp³-hybridized carbons (Fsp3) is 0.688. The van der Waals surface area contributed by atoms with Gasteiger partial charge < -0.3 is 10.6 Å². The van der Waals surface area contributed by atoms with E-state index in [1.54, 1.807) is 6.07 Å². The van der Waals surface area contributed by atoms with E-state index >= 15 is 0 Å². The lowest BCUT2D eigenvalue weighted by molar-refractivity contribution is -0.125. The number of rotatable bonds is 8. The van der Waals surface area contributed by atoms with Crippen molar-refractivity contribution in [2.24, 2.45) is 5.92 Å². The average Bonchev–Trinajstić information content (AvgIpc) is 3.06. The first-order valence-corrected chi connectivity index (χ1v) is 10.8. The van der Waals surface area contributed by atoms with Crippen LogP contribution in [0.2, 0.25) is 0 Å². The van der Waals surface area contributed by atoms with E-state index in [0.29, 0.717) is 30.3 Å². The zero-order valence-electron chi connectivity index (χ0n) is 14.8. The summed E-state index contributed by atoms with van der Waals surface area (Å²) in [5.74, 6) is 0.220. The van der Waals surface area contributed by atoms with Crippen LogP contribution in [0.25, 0.3) is 0 Å². The van der Waals surface area contributed by atoms with Crippen LogP contribution >= 0.6 is 23.7 Å². The summed E-state index contributed by atoms with van der Waals surface area (Å²) in [6, 6.07) is 3.51. The number of thiophene rings is 1. The molecular weight excluding hydrogens is 382 g/mol. The third kappa shape index (κ3) is 5.92. The molecule has 1 aromatic rings. The van der Waals surface area contributed by atoms with Gasteiger partial charge in [-0.05, 0) is 44.5 Å². The van der Waals surface area contributed by atoms with Crippen LogP contribution in [0, 0.1) is 5.92 Å². The Morgan fingerprint density at radius 2 is 1.92 bits per heavy atom. The molecule has 144 valence electrons. The van der Waals surface area contributed by atoms with Crippen molar-refractivity contribution < 1.29 is 13.2 Å². The van der Waals surface area contributed by atoms with Crippen molar-refractivity contribution in [1.82, 2.24) is 14.9 Å². The maximum absolute atomic E-state index is 12.5. The van der Waals surface area contributed by atoms with Crippen LogP contribution in [-0.2, 0) is 21.2 Å². The number of hydrogen-bond donors (Lipinski definition) is 2. The summed E-state index contributed by atoms with van der Waals surface area (Å²) in [6.45, 7) is 6.97. The number of nitrogens with zero attached hydrogens (tertiary/aromatic N) is 1. The molecule has 1 aromatic heterocycles. The monoisotopic (exact) mass is 409 g/mol. The van der Waals surface area contributed by atoms with E-state index in [0.717, 1.165) is 30.8 Å². The standard InChI is InChI=1S/C16H27N3O3S2.ClH/c1-3-19(4-2)24(21,22)15-6-5-14(23-15)9-12-18-16(20)13-7-10-17-11-8-13;/h5-6,13,17H,3-4,7-12H2,1-2H3,(H,18,20);1H. The molecule has 2 N–H and O–H groups in total. The van der Waals surface area contributed by atoms with Crippen LogP contribution in [0.4, 0.5) is 0 Å².